The molecule has 2 rings (SSSR count). The van der Waals surface area contributed by atoms with Crippen LogP contribution in [0.15, 0.2) is 11.1 Å². The molecule has 0 aromatic carbocycles. The minimum atomic E-state index is -0.390. The highest BCUT2D eigenvalue weighted by atomic mass is 16.3. The molecule has 0 atom stereocenters. The number of hydrogen-bond acceptors (Lipinski definition) is 1. The van der Waals surface area contributed by atoms with Crippen molar-refractivity contribution in [2.75, 3.05) is 0 Å². The molecule has 2 aliphatic rings. The first-order chi connectivity index (χ1) is 6.22. The third-order valence-electron chi connectivity index (χ3n) is 3.74. The summed E-state index contributed by atoms with van der Waals surface area (Å²) in [6.07, 6.45) is 9.41. The third-order valence-corrected chi connectivity index (χ3v) is 3.74. The zero-order valence-corrected chi connectivity index (χ0v) is 8.60. The second-order valence-corrected chi connectivity index (χ2v) is 4.70. The van der Waals surface area contributed by atoms with Crippen LogP contribution in [0.1, 0.15) is 58.3 Å². The molecule has 74 valence electrons. The van der Waals surface area contributed by atoms with Gasteiger partial charge in [-0.25, -0.2) is 0 Å². The van der Waals surface area contributed by atoms with Crippen molar-refractivity contribution in [3.63, 3.8) is 0 Å². The van der Waals surface area contributed by atoms with Crippen molar-refractivity contribution in [1.82, 2.24) is 0 Å². The van der Waals surface area contributed by atoms with Gasteiger partial charge in [0.25, 0.3) is 0 Å². The molecule has 1 nitrogen and oxygen atoms in total. The maximum Gasteiger partial charge on any atom is 0.0859 e. The monoisotopic (exact) mass is 180 g/mol. The van der Waals surface area contributed by atoms with E-state index in [4.69, 9.17) is 0 Å². The molecule has 1 fully saturated rings. The van der Waals surface area contributed by atoms with E-state index in [9.17, 15) is 5.11 Å². The van der Waals surface area contributed by atoms with Gasteiger partial charge in [0.2, 0.25) is 0 Å². The molecule has 1 saturated carbocycles. The van der Waals surface area contributed by atoms with Crippen LogP contribution in [-0.4, -0.2) is 10.7 Å². The fourth-order valence-corrected chi connectivity index (χ4v) is 2.96. The van der Waals surface area contributed by atoms with Gasteiger partial charge >= 0.3 is 0 Å². The lowest BCUT2D eigenvalue weighted by Gasteiger charge is -2.34. The molecule has 0 aromatic heterocycles. The summed E-state index contributed by atoms with van der Waals surface area (Å²) < 4.78 is 0. The average molecular weight is 180 g/mol. The number of aliphatic hydroxyl groups is 1. The van der Waals surface area contributed by atoms with Crippen LogP contribution in [0, 0.1) is 0 Å². The maximum atomic E-state index is 10.5. The van der Waals surface area contributed by atoms with Crippen molar-refractivity contribution in [2.45, 2.75) is 63.9 Å². The minimum absolute atomic E-state index is 0.390. The van der Waals surface area contributed by atoms with Gasteiger partial charge in [0.05, 0.1) is 5.60 Å². The van der Waals surface area contributed by atoms with Crippen molar-refractivity contribution < 1.29 is 5.11 Å². The van der Waals surface area contributed by atoms with Crippen molar-refractivity contribution >= 4 is 0 Å². The van der Waals surface area contributed by atoms with Crippen LogP contribution in [-0.2, 0) is 0 Å². The Balaban J connectivity index is 2.17. The van der Waals surface area contributed by atoms with Gasteiger partial charge in [-0.05, 0) is 44.6 Å². The van der Waals surface area contributed by atoms with Gasteiger partial charge < -0.3 is 5.11 Å². The Morgan fingerprint density at radius 1 is 1.00 bits per heavy atom. The van der Waals surface area contributed by atoms with E-state index in [0.717, 1.165) is 19.3 Å². The van der Waals surface area contributed by atoms with Crippen LogP contribution in [0.25, 0.3) is 0 Å². The lowest BCUT2D eigenvalue weighted by molar-refractivity contribution is 0.0368. The molecule has 0 amide bonds. The van der Waals surface area contributed by atoms with Crippen LogP contribution >= 0.6 is 0 Å². The Bertz CT molecular complexity index is 221. The van der Waals surface area contributed by atoms with Gasteiger partial charge in [-0.3, -0.25) is 0 Å². The van der Waals surface area contributed by atoms with E-state index < -0.39 is 5.60 Å². The van der Waals surface area contributed by atoms with Crippen LogP contribution in [0.4, 0.5) is 0 Å². The van der Waals surface area contributed by atoms with Gasteiger partial charge in [-0.15, -0.1) is 0 Å². The quantitative estimate of drug-likeness (QED) is 0.614. The maximum absolute atomic E-state index is 10.5. The fraction of sp³-hybridized carbons (Fsp3) is 0.833. The van der Waals surface area contributed by atoms with E-state index in [-0.39, 0.29) is 0 Å². The van der Waals surface area contributed by atoms with E-state index in [0.29, 0.717) is 0 Å². The fourth-order valence-electron chi connectivity index (χ4n) is 2.96. The second kappa shape index (κ2) is 3.45. The highest BCUT2D eigenvalue weighted by molar-refractivity contribution is 5.27. The first-order valence-electron chi connectivity index (χ1n) is 5.64. The van der Waals surface area contributed by atoms with Gasteiger partial charge in [0.15, 0.2) is 0 Å². The SMILES string of the molecule is CC1=C(C2(O)CCCCC2)CCC1. The predicted molar refractivity (Wildman–Crippen MR) is 54.6 cm³/mol. The van der Waals surface area contributed by atoms with Gasteiger partial charge in [0.1, 0.15) is 0 Å². The number of rotatable bonds is 1. The zero-order chi connectivity index (χ0) is 9.31. The van der Waals surface area contributed by atoms with E-state index in [1.807, 2.05) is 0 Å². The van der Waals surface area contributed by atoms with E-state index >= 15 is 0 Å². The molecule has 0 aromatic rings. The molecule has 0 spiro atoms. The van der Waals surface area contributed by atoms with Crippen molar-refractivity contribution in [3.8, 4) is 0 Å². The van der Waals surface area contributed by atoms with E-state index in [1.54, 1.807) is 0 Å². The second-order valence-electron chi connectivity index (χ2n) is 4.70. The summed E-state index contributed by atoms with van der Waals surface area (Å²) in [5.41, 5.74) is 2.48. The number of hydrogen-bond donors (Lipinski definition) is 1. The number of allylic oxidation sites excluding steroid dienone is 1. The molecule has 2 aliphatic carbocycles. The van der Waals surface area contributed by atoms with Crippen molar-refractivity contribution in [2.24, 2.45) is 0 Å². The molecule has 0 heterocycles. The molecule has 0 bridgehead atoms. The summed E-state index contributed by atoms with van der Waals surface area (Å²) in [7, 11) is 0. The Labute approximate surface area is 80.8 Å². The summed E-state index contributed by atoms with van der Waals surface area (Å²) in [6.45, 7) is 2.20. The van der Waals surface area contributed by atoms with Gasteiger partial charge in [-0.2, -0.15) is 0 Å². The van der Waals surface area contributed by atoms with Crippen LogP contribution in [0.5, 0.6) is 0 Å². The van der Waals surface area contributed by atoms with E-state index in [1.165, 1.54) is 43.3 Å². The highest BCUT2D eigenvalue weighted by Gasteiger charge is 2.35. The summed E-state index contributed by atoms with van der Waals surface area (Å²) in [5, 5.41) is 10.5. The lowest BCUT2D eigenvalue weighted by Crippen LogP contribution is -2.33. The first-order valence-corrected chi connectivity index (χ1v) is 5.64. The molecule has 0 unspecified atom stereocenters. The molecule has 13 heavy (non-hydrogen) atoms. The molecular formula is C12H20O. The zero-order valence-electron chi connectivity index (χ0n) is 8.60. The van der Waals surface area contributed by atoms with Gasteiger partial charge in [0, 0.05) is 0 Å². The van der Waals surface area contributed by atoms with Crippen molar-refractivity contribution in [1.29, 1.82) is 0 Å². The summed E-state index contributed by atoms with van der Waals surface area (Å²) in [5.74, 6) is 0. The summed E-state index contributed by atoms with van der Waals surface area (Å²) in [6, 6.07) is 0. The first kappa shape index (κ1) is 9.26. The molecular weight excluding hydrogens is 160 g/mol. The Morgan fingerprint density at radius 2 is 1.69 bits per heavy atom. The lowest BCUT2D eigenvalue weighted by atomic mass is 9.78. The average Bonchev–Trinajstić information content (AvgIpc) is 2.53. The van der Waals surface area contributed by atoms with Crippen molar-refractivity contribution in [3.05, 3.63) is 11.1 Å². The Morgan fingerprint density at radius 3 is 2.23 bits per heavy atom. The summed E-state index contributed by atoms with van der Waals surface area (Å²) in [4.78, 5) is 0. The van der Waals surface area contributed by atoms with E-state index in [2.05, 4.69) is 6.92 Å². The normalized spacial score (nSPS) is 28.2. The van der Waals surface area contributed by atoms with Gasteiger partial charge in [-0.1, -0.05) is 24.8 Å². The molecule has 1 heteroatoms. The topological polar surface area (TPSA) is 20.2 Å². The molecule has 1 N–H and O–H groups in total. The Hall–Kier alpha value is -0.300. The largest absolute Gasteiger partial charge is 0.386 e. The molecule has 0 radical (unpaired) electrons. The van der Waals surface area contributed by atoms with Crippen LogP contribution in [0.2, 0.25) is 0 Å². The molecule has 0 saturated heterocycles. The minimum Gasteiger partial charge on any atom is -0.386 e. The predicted octanol–water partition coefficient (Wildman–Crippen LogP) is 3.18. The smallest absolute Gasteiger partial charge is 0.0859 e. The third kappa shape index (κ3) is 1.67. The Kier molecular flexibility index (Phi) is 2.46. The standard InChI is InChI=1S/C12H20O/c1-10-6-5-7-11(10)12(13)8-3-2-4-9-12/h13H,2-9H2,1H3. The summed E-state index contributed by atoms with van der Waals surface area (Å²) >= 11 is 0. The highest BCUT2D eigenvalue weighted by Crippen LogP contribution is 2.41. The van der Waals surface area contributed by atoms with Crippen LogP contribution < -0.4 is 0 Å². The van der Waals surface area contributed by atoms with Crippen LogP contribution in [0.3, 0.4) is 0 Å². The molecule has 0 aliphatic heterocycles.